The van der Waals surface area contributed by atoms with E-state index >= 15 is 0 Å². The van der Waals surface area contributed by atoms with Crippen molar-refractivity contribution in [2.75, 3.05) is 5.32 Å². The molecule has 2 aromatic carbocycles. The van der Waals surface area contributed by atoms with E-state index in [9.17, 15) is 0 Å². The summed E-state index contributed by atoms with van der Waals surface area (Å²) in [7, 11) is 0. The van der Waals surface area contributed by atoms with Gasteiger partial charge < -0.3 is 5.32 Å². The molecule has 1 N–H and O–H groups in total. The third kappa shape index (κ3) is 2.88. The average molecular weight is 325 g/mol. The van der Waals surface area contributed by atoms with E-state index < -0.39 is 0 Å². The van der Waals surface area contributed by atoms with E-state index in [1.807, 2.05) is 30.3 Å². The molecule has 3 heteroatoms. The van der Waals surface area contributed by atoms with Crippen LogP contribution in [-0.2, 0) is 0 Å². The number of nitrogens with one attached hydrogen (secondary N) is 1. The Morgan fingerprint density at radius 2 is 1.83 bits per heavy atom. The van der Waals surface area contributed by atoms with Crippen LogP contribution >= 0.6 is 27.5 Å². The molecule has 1 unspecified atom stereocenters. The SMILES string of the molecule is Cc1cccc(Cl)c1NC(C)c1ccccc1Br. The van der Waals surface area contributed by atoms with Gasteiger partial charge in [-0.2, -0.15) is 0 Å². The number of halogens is 2. The van der Waals surface area contributed by atoms with Crippen LogP contribution < -0.4 is 5.32 Å². The van der Waals surface area contributed by atoms with Crippen molar-refractivity contribution in [2.45, 2.75) is 19.9 Å². The normalized spacial score (nSPS) is 12.2. The van der Waals surface area contributed by atoms with Gasteiger partial charge in [0.1, 0.15) is 0 Å². The van der Waals surface area contributed by atoms with Crippen LogP contribution in [0.5, 0.6) is 0 Å². The quantitative estimate of drug-likeness (QED) is 0.776. The van der Waals surface area contributed by atoms with Gasteiger partial charge in [0.15, 0.2) is 0 Å². The smallest absolute Gasteiger partial charge is 0.0640 e. The van der Waals surface area contributed by atoms with E-state index in [2.05, 4.69) is 47.2 Å². The molecule has 0 heterocycles. The number of benzene rings is 2. The van der Waals surface area contributed by atoms with Crippen LogP contribution in [0, 0.1) is 6.92 Å². The lowest BCUT2D eigenvalue weighted by Crippen LogP contribution is -2.08. The van der Waals surface area contributed by atoms with Crippen LogP contribution in [-0.4, -0.2) is 0 Å². The minimum Gasteiger partial charge on any atom is -0.377 e. The second-order valence-electron chi connectivity index (χ2n) is 4.32. The molecule has 1 atom stereocenters. The van der Waals surface area contributed by atoms with Crippen molar-refractivity contribution in [1.29, 1.82) is 0 Å². The summed E-state index contributed by atoms with van der Waals surface area (Å²) < 4.78 is 1.11. The minimum atomic E-state index is 0.194. The molecule has 0 saturated heterocycles. The summed E-state index contributed by atoms with van der Waals surface area (Å²) in [6, 6.07) is 14.3. The van der Waals surface area contributed by atoms with Crippen LogP contribution in [0.1, 0.15) is 24.1 Å². The molecule has 0 aliphatic heterocycles. The van der Waals surface area contributed by atoms with E-state index in [1.165, 1.54) is 5.56 Å². The molecule has 2 aromatic rings. The Morgan fingerprint density at radius 1 is 1.11 bits per heavy atom. The maximum atomic E-state index is 6.23. The zero-order valence-corrected chi connectivity index (χ0v) is 12.7. The van der Waals surface area contributed by atoms with Crippen molar-refractivity contribution in [3.05, 3.63) is 63.1 Å². The molecule has 0 fully saturated rings. The van der Waals surface area contributed by atoms with Crippen molar-refractivity contribution in [2.24, 2.45) is 0 Å². The molecular weight excluding hydrogens is 310 g/mol. The first kappa shape index (κ1) is 13.4. The molecule has 0 bridgehead atoms. The van der Waals surface area contributed by atoms with E-state index in [-0.39, 0.29) is 6.04 Å². The van der Waals surface area contributed by atoms with E-state index in [4.69, 9.17) is 11.6 Å². The summed E-state index contributed by atoms with van der Waals surface area (Å²) in [6.45, 7) is 4.18. The molecule has 0 amide bonds. The monoisotopic (exact) mass is 323 g/mol. The van der Waals surface area contributed by atoms with Gasteiger partial charge in [-0.25, -0.2) is 0 Å². The standard InChI is InChI=1S/C15H15BrClN/c1-10-6-5-9-14(17)15(10)18-11(2)12-7-3-4-8-13(12)16/h3-9,11,18H,1-2H3. The molecule has 0 spiro atoms. The Bertz CT molecular complexity index is 534. The molecule has 0 saturated carbocycles. The van der Waals surface area contributed by atoms with E-state index in [0.717, 1.165) is 20.7 Å². The van der Waals surface area contributed by atoms with Gasteiger partial charge >= 0.3 is 0 Å². The first-order valence-electron chi connectivity index (χ1n) is 5.85. The van der Waals surface area contributed by atoms with E-state index in [0.29, 0.717) is 0 Å². The van der Waals surface area contributed by atoms with Gasteiger partial charge in [-0.05, 0) is 37.1 Å². The second kappa shape index (κ2) is 5.77. The molecule has 2 rings (SSSR count). The Morgan fingerprint density at radius 3 is 2.50 bits per heavy atom. The highest BCUT2D eigenvalue weighted by atomic mass is 79.9. The summed E-state index contributed by atoms with van der Waals surface area (Å²) in [5, 5.41) is 4.23. The maximum Gasteiger partial charge on any atom is 0.0640 e. The third-order valence-corrected chi connectivity index (χ3v) is 3.99. The molecule has 0 aliphatic carbocycles. The lowest BCUT2D eigenvalue weighted by atomic mass is 10.1. The van der Waals surface area contributed by atoms with Gasteiger partial charge in [-0.1, -0.05) is 57.9 Å². The average Bonchev–Trinajstić information content (AvgIpc) is 2.34. The molecule has 0 aliphatic rings. The predicted octanol–water partition coefficient (Wildman–Crippen LogP) is 5.58. The number of aryl methyl sites for hydroxylation is 1. The highest BCUT2D eigenvalue weighted by molar-refractivity contribution is 9.10. The number of hydrogen-bond donors (Lipinski definition) is 1. The zero-order chi connectivity index (χ0) is 13.1. The number of para-hydroxylation sites is 1. The predicted molar refractivity (Wildman–Crippen MR) is 82.4 cm³/mol. The molecule has 1 nitrogen and oxygen atoms in total. The first-order valence-corrected chi connectivity index (χ1v) is 7.02. The highest BCUT2D eigenvalue weighted by Crippen LogP contribution is 2.31. The van der Waals surface area contributed by atoms with Crippen LogP contribution in [0.3, 0.4) is 0 Å². The largest absolute Gasteiger partial charge is 0.377 e. The molecule has 94 valence electrons. The van der Waals surface area contributed by atoms with Crippen LogP contribution in [0.25, 0.3) is 0 Å². The topological polar surface area (TPSA) is 12.0 Å². The van der Waals surface area contributed by atoms with Crippen LogP contribution in [0.4, 0.5) is 5.69 Å². The van der Waals surface area contributed by atoms with Gasteiger partial charge in [-0.3, -0.25) is 0 Å². The lowest BCUT2D eigenvalue weighted by Gasteiger charge is -2.19. The lowest BCUT2D eigenvalue weighted by molar-refractivity contribution is 0.877. The minimum absolute atomic E-state index is 0.194. The number of anilines is 1. The fraction of sp³-hybridized carbons (Fsp3) is 0.200. The summed E-state index contributed by atoms with van der Waals surface area (Å²) in [5.41, 5.74) is 3.38. The molecule has 18 heavy (non-hydrogen) atoms. The number of hydrogen-bond acceptors (Lipinski definition) is 1. The van der Waals surface area contributed by atoms with Crippen molar-refractivity contribution >= 4 is 33.2 Å². The Balaban J connectivity index is 2.27. The fourth-order valence-corrected chi connectivity index (χ4v) is 2.84. The molecule has 0 aromatic heterocycles. The van der Waals surface area contributed by atoms with E-state index in [1.54, 1.807) is 0 Å². The zero-order valence-electron chi connectivity index (χ0n) is 10.4. The van der Waals surface area contributed by atoms with Crippen LogP contribution in [0.2, 0.25) is 5.02 Å². The highest BCUT2D eigenvalue weighted by Gasteiger charge is 2.11. The second-order valence-corrected chi connectivity index (χ2v) is 5.58. The Hall–Kier alpha value is -0.990. The van der Waals surface area contributed by atoms with Crippen molar-refractivity contribution in [3.63, 3.8) is 0 Å². The van der Waals surface area contributed by atoms with Crippen molar-refractivity contribution < 1.29 is 0 Å². The Kier molecular flexibility index (Phi) is 4.31. The number of rotatable bonds is 3. The van der Waals surface area contributed by atoms with Gasteiger partial charge in [0.25, 0.3) is 0 Å². The molecule has 0 radical (unpaired) electrons. The van der Waals surface area contributed by atoms with Gasteiger partial charge in [0, 0.05) is 10.5 Å². The van der Waals surface area contributed by atoms with Gasteiger partial charge in [0.2, 0.25) is 0 Å². The summed E-state index contributed by atoms with van der Waals surface area (Å²) >= 11 is 9.80. The summed E-state index contributed by atoms with van der Waals surface area (Å²) in [4.78, 5) is 0. The van der Waals surface area contributed by atoms with Crippen LogP contribution in [0.15, 0.2) is 46.9 Å². The fourth-order valence-electron chi connectivity index (χ4n) is 1.94. The van der Waals surface area contributed by atoms with Crippen molar-refractivity contribution in [1.82, 2.24) is 0 Å². The maximum absolute atomic E-state index is 6.23. The van der Waals surface area contributed by atoms with Gasteiger partial charge in [-0.15, -0.1) is 0 Å². The first-order chi connectivity index (χ1) is 8.59. The Labute approximate surface area is 121 Å². The third-order valence-electron chi connectivity index (χ3n) is 2.95. The van der Waals surface area contributed by atoms with Crippen molar-refractivity contribution in [3.8, 4) is 0 Å². The summed E-state index contributed by atoms with van der Waals surface area (Å²) in [5.74, 6) is 0. The molecular formula is C15H15BrClN. The van der Waals surface area contributed by atoms with Gasteiger partial charge in [0.05, 0.1) is 10.7 Å². The summed E-state index contributed by atoms with van der Waals surface area (Å²) in [6.07, 6.45) is 0.